The fraction of sp³-hybridized carbons (Fsp3) is 0.400. The fourth-order valence-electron chi connectivity index (χ4n) is 3.02. The van der Waals surface area contributed by atoms with Crippen LogP contribution in [-0.4, -0.2) is 5.11 Å². The number of aromatic hydroxyl groups is 1. The Kier molecular flexibility index (Phi) is 5.86. The maximum Gasteiger partial charge on any atom is 0.123 e. The van der Waals surface area contributed by atoms with Crippen molar-refractivity contribution in [3.05, 3.63) is 54.1 Å². The largest absolute Gasteiger partial charge is 0.507 e. The van der Waals surface area contributed by atoms with Crippen molar-refractivity contribution in [2.24, 2.45) is 0 Å². The van der Waals surface area contributed by atoms with E-state index in [1.165, 1.54) is 36.8 Å². The third-order valence-electron chi connectivity index (χ3n) is 4.24. The molecular weight excluding hydrogens is 256 g/mol. The van der Waals surface area contributed by atoms with Crippen LogP contribution in [0.1, 0.15) is 57.4 Å². The molecule has 21 heavy (non-hydrogen) atoms. The number of hydrogen-bond acceptors (Lipinski definition) is 1. The summed E-state index contributed by atoms with van der Waals surface area (Å²) in [6.45, 7) is 4.51. The van der Waals surface area contributed by atoms with Crippen LogP contribution < -0.4 is 0 Å². The molecule has 0 saturated carbocycles. The minimum atomic E-state index is 0.369. The Bertz CT molecular complexity index is 559. The first-order valence-corrected chi connectivity index (χ1v) is 8.15. The summed E-state index contributed by atoms with van der Waals surface area (Å²) in [4.78, 5) is 0. The van der Waals surface area contributed by atoms with Gasteiger partial charge in [-0.05, 0) is 36.0 Å². The average molecular weight is 282 g/mol. The molecule has 0 fully saturated rings. The van der Waals surface area contributed by atoms with Gasteiger partial charge < -0.3 is 5.11 Å². The number of phenolic OH excluding ortho intramolecular Hbond substituents is 1. The van der Waals surface area contributed by atoms with Gasteiger partial charge in [-0.3, -0.25) is 0 Å². The van der Waals surface area contributed by atoms with Gasteiger partial charge in [-0.25, -0.2) is 0 Å². The predicted octanol–water partition coefficient (Wildman–Crippen LogP) is 6.13. The lowest BCUT2D eigenvalue weighted by molar-refractivity contribution is 0.477. The summed E-state index contributed by atoms with van der Waals surface area (Å²) in [5.41, 5.74) is 3.50. The van der Waals surface area contributed by atoms with E-state index >= 15 is 0 Å². The molecule has 1 unspecified atom stereocenters. The van der Waals surface area contributed by atoms with Crippen LogP contribution in [0.4, 0.5) is 0 Å². The van der Waals surface area contributed by atoms with Gasteiger partial charge in [-0.1, -0.05) is 75.6 Å². The molecule has 0 aromatic heterocycles. The normalized spacial score (nSPS) is 12.3. The zero-order chi connectivity index (χ0) is 15.1. The molecule has 0 aliphatic carbocycles. The molecule has 112 valence electrons. The molecule has 0 amide bonds. The van der Waals surface area contributed by atoms with Crippen LogP contribution >= 0.6 is 0 Å². The Labute approximate surface area is 128 Å². The first kappa shape index (κ1) is 15.6. The Morgan fingerprint density at radius 3 is 2.19 bits per heavy atom. The maximum absolute atomic E-state index is 10.2. The lowest BCUT2D eigenvalue weighted by Crippen LogP contribution is -2.00. The molecule has 0 bridgehead atoms. The van der Waals surface area contributed by atoms with Gasteiger partial charge in [0.2, 0.25) is 0 Å². The zero-order valence-corrected chi connectivity index (χ0v) is 13.2. The minimum Gasteiger partial charge on any atom is -0.507 e. The van der Waals surface area contributed by atoms with Crippen LogP contribution in [0.15, 0.2) is 48.5 Å². The molecular formula is C20H26O. The van der Waals surface area contributed by atoms with Crippen molar-refractivity contribution in [1.29, 1.82) is 0 Å². The van der Waals surface area contributed by atoms with Crippen molar-refractivity contribution < 1.29 is 5.11 Å². The molecule has 0 saturated heterocycles. The molecule has 1 atom stereocenters. The third kappa shape index (κ3) is 3.87. The van der Waals surface area contributed by atoms with E-state index in [1.54, 1.807) is 6.07 Å². The predicted molar refractivity (Wildman–Crippen MR) is 90.7 cm³/mol. The van der Waals surface area contributed by atoms with E-state index in [9.17, 15) is 5.11 Å². The monoisotopic (exact) mass is 282 g/mol. The van der Waals surface area contributed by atoms with E-state index in [2.05, 4.69) is 38.1 Å². The highest BCUT2D eigenvalue weighted by atomic mass is 16.3. The SMILES string of the molecule is CCCCCC(CC)c1ccccc1-c1ccccc1O. The summed E-state index contributed by atoms with van der Waals surface area (Å²) in [5, 5.41) is 10.2. The zero-order valence-electron chi connectivity index (χ0n) is 13.2. The van der Waals surface area contributed by atoms with E-state index in [0.717, 1.165) is 12.0 Å². The van der Waals surface area contributed by atoms with E-state index in [-0.39, 0.29) is 0 Å². The van der Waals surface area contributed by atoms with Crippen LogP contribution in [0.2, 0.25) is 0 Å². The number of unbranched alkanes of at least 4 members (excludes halogenated alkanes) is 2. The fourth-order valence-corrected chi connectivity index (χ4v) is 3.02. The number of rotatable bonds is 7. The number of benzene rings is 2. The summed E-state index contributed by atoms with van der Waals surface area (Å²) >= 11 is 0. The lowest BCUT2D eigenvalue weighted by atomic mass is 9.85. The van der Waals surface area contributed by atoms with Crippen LogP contribution in [-0.2, 0) is 0 Å². The number of para-hydroxylation sites is 1. The summed E-state index contributed by atoms with van der Waals surface area (Å²) in [7, 11) is 0. The van der Waals surface area contributed by atoms with Crippen molar-refractivity contribution in [2.75, 3.05) is 0 Å². The van der Waals surface area contributed by atoms with Crippen LogP contribution in [0.25, 0.3) is 11.1 Å². The molecule has 1 heteroatoms. The molecule has 0 aliphatic heterocycles. The first-order chi connectivity index (χ1) is 10.3. The topological polar surface area (TPSA) is 20.2 Å². The average Bonchev–Trinajstić information content (AvgIpc) is 2.52. The lowest BCUT2D eigenvalue weighted by Gasteiger charge is -2.20. The highest BCUT2D eigenvalue weighted by molar-refractivity contribution is 5.73. The van der Waals surface area contributed by atoms with Gasteiger partial charge in [-0.2, -0.15) is 0 Å². The molecule has 1 nitrogen and oxygen atoms in total. The van der Waals surface area contributed by atoms with Crippen molar-refractivity contribution in [2.45, 2.75) is 51.9 Å². The second kappa shape index (κ2) is 7.87. The molecule has 2 aromatic rings. The van der Waals surface area contributed by atoms with Gasteiger partial charge in [0.25, 0.3) is 0 Å². The molecule has 1 N–H and O–H groups in total. The molecule has 0 radical (unpaired) electrons. The van der Waals surface area contributed by atoms with E-state index in [0.29, 0.717) is 11.7 Å². The highest BCUT2D eigenvalue weighted by Crippen LogP contribution is 2.37. The second-order valence-electron chi connectivity index (χ2n) is 5.71. The molecule has 2 rings (SSSR count). The quantitative estimate of drug-likeness (QED) is 0.605. The Balaban J connectivity index is 2.33. The van der Waals surface area contributed by atoms with Crippen molar-refractivity contribution in [3.8, 4) is 16.9 Å². The van der Waals surface area contributed by atoms with Crippen molar-refractivity contribution >= 4 is 0 Å². The van der Waals surface area contributed by atoms with E-state index in [1.807, 2.05) is 18.2 Å². The standard InChI is InChI=1S/C20H26O/c1-3-5-6-11-16(4-2)17-12-7-8-13-18(17)19-14-9-10-15-20(19)21/h7-10,12-16,21H,3-6,11H2,1-2H3. The summed E-state index contributed by atoms with van der Waals surface area (Å²) in [6.07, 6.45) is 6.22. The smallest absolute Gasteiger partial charge is 0.123 e. The molecule has 0 heterocycles. The third-order valence-corrected chi connectivity index (χ3v) is 4.24. The molecule has 2 aromatic carbocycles. The van der Waals surface area contributed by atoms with Crippen molar-refractivity contribution in [1.82, 2.24) is 0 Å². The summed E-state index contributed by atoms with van der Waals surface area (Å²) < 4.78 is 0. The van der Waals surface area contributed by atoms with E-state index in [4.69, 9.17) is 0 Å². The molecule has 0 spiro atoms. The first-order valence-electron chi connectivity index (χ1n) is 8.15. The van der Waals surface area contributed by atoms with Crippen LogP contribution in [0, 0.1) is 0 Å². The van der Waals surface area contributed by atoms with Gasteiger partial charge in [0.15, 0.2) is 0 Å². The number of hydrogen-bond donors (Lipinski definition) is 1. The second-order valence-corrected chi connectivity index (χ2v) is 5.71. The molecule has 0 aliphatic rings. The van der Waals surface area contributed by atoms with E-state index < -0.39 is 0 Å². The minimum absolute atomic E-state index is 0.369. The Hall–Kier alpha value is -1.76. The highest BCUT2D eigenvalue weighted by Gasteiger charge is 2.15. The van der Waals surface area contributed by atoms with Gasteiger partial charge in [-0.15, -0.1) is 0 Å². The van der Waals surface area contributed by atoms with Crippen molar-refractivity contribution in [3.63, 3.8) is 0 Å². The van der Waals surface area contributed by atoms with Crippen LogP contribution in [0.5, 0.6) is 5.75 Å². The Morgan fingerprint density at radius 1 is 0.857 bits per heavy atom. The Morgan fingerprint density at radius 2 is 1.52 bits per heavy atom. The van der Waals surface area contributed by atoms with Gasteiger partial charge in [0.05, 0.1) is 0 Å². The maximum atomic E-state index is 10.2. The summed E-state index contributed by atoms with van der Waals surface area (Å²) in [5.74, 6) is 0.945. The van der Waals surface area contributed by atoms with Crippen LogP contribution in [0.3, 0.4) is 0 Å². The summed E-state index contributed by atoms with van der Waals surface area (Å²) in [6, 6.07) is 16.2. The van der Waals surface area contributed by atoms with Gasteiger partial charge in [0, 0.05) is 5.56 Å². The van der Waals surface area contributed by atoms with Gasteiger partial charge >= 0.3 is 0 Å². The van der Waals surface area contributed by atoms with Gasteiger partial charge in [0.1, 0.15) is 5.75 Å². The number of phenols is 1.